The summed E-state index contributed by atoms with van der Waals surface area (Å²) in [5.41, 5.74) is 0. The number of hydrogen-bond acceptors (Lipinski definition) is 3. The summed E-state index contributed by atoms with van der Waals surface area (Å²) >= 11 is 0. The largest absolute Gasteiger partial charge is 0.377 e. The highest BCUT2D eigenvalue weighted by Crippen LogP contribution is 2.27. The van der Waals surface area contributed by atoms with Crippen LogP contribution in [-0.4, -0.2) is 49.0 Å². The van der Waals surface area contributed by atoms with Crippen molar-refractivity contribution in [3.8, 4) is 0 Å². The van der Waals surface area contributed by atoms with Crippen LogP contribution in [0.4, 0.5) is 0 Å². The number of likely N-dealkylation sites (tertiary alicyclic amines) is 1. The highest BCUT2D eigenvalue weighted by Gasteiger charge is 2.36. The van der Waals surface area contributed by atoms with Crippen molar-refractivity contribution in [3.63, 3.8) is 0 Å². The van der Waals surface area contributed by atoms with Crippen LogP contribution in [0.5, 0.6) is 0 Å². The molecule has 0 radical (unpaired) electrons. The zero-order valence-electron chi connectivity index (χ0n) is 10.8. The molecule has 0 spiro atoms. The Labute approximate surface area is 99.1 Å². The zero-order valence-corrected chi connectivity index (χ0v) is 10.8. The molecular weight excluding hydrogens is 202 g/mol. The normalized spacial score (nSPS) is 41.4. The molecule has 2 heterocycles. The third kappa shape index (κ3) is 2.58. The van der Waals surface area contributed by atoms with E-state index < -0.39 is 0 Å². The fourth-order valence-electron chi connectivity index (χ4n) is 3.02. The average molecular weight is 227 g/mol. The lowest BCUT2D eigenvalue weighted by molar-refractivity contribution is -0.0406. The van der Waals surface area contributed by atoms with E-state index >= 15 is 0 Å². The zero-order chi connectivity index (χ0) is 11.5. The molecule has 2 fully saturated rings. The first-order valence-corrected chi connectivity index (χ1v) is 6.71. The molecule has 0 bridgehead atoms. The van der Waals surface area contributed by atoms with Gasteiger partial charge in [0.05, 0.1) is 18.8 Å². The minimum Gasteiger partial charge on any atom is -0.377 e. The van der Waals surface area contributed by atoms with Gasteiger partial charge in [-0.05, 0) is 40.0 Å². The standard InChI is InChI=1S/C13H25NO2/c1-4-15-13-7-8-14(11(13)3)12-6-5-10(2)16-9-12/h10-13H,4-9H2,1-3H3/t10?,11-,12+,13?/m0/s1. The van der Waals surface area contributed by atoms with Crippen LogP contribution in [0.15, 0.2) is 0 Å². The molecule has 0 amide bonds. The molecule has 0 aromatic rings. The van der Waals surface area contributed by atoms with E-state index in [1.54, 1.807) is 0 Å². The lowest BCUT2D eigenvalue weighted by Gasteiger charge is -2.36. The van der Waals surface area contributed by atoms with Gasteiger partial charge in [0.25, 0.3) is 0 Å². The van der Waals surface area contributed by atoms with Gasteiger partial charge in [-0.2, -0.15) is 0 Å². The van der Waals surface area contributed by atoms with Gasteiger partial charge in [-0.1, -0.05) is 0 Å². The molecule has 16 heavy (non-hydrogen) atoms. The van der Waals surface area contributed by atoms with Crippen LogP contribution in [0.1, 0.15) is 40.0 Å². The van der Waals surface area contributed by atoms with Crippen molar-refractivity contribution in [2.45, 2.75) is 64.3 Å². The molecule has 4 atom stereocenters. The molecule has 94 valence electrons. The quantitative estimate of drug-likeness (QED) is 0.736. The van der Waals surface area contributed by atoms with Gasteiger partial charge in [-0.15, -0.1) is 0 Å². The molecule has 0 saturated carbocycles. The van der Waals surface area contributed by atoms with Crippen LogP contribution >= 0.6 is 0 Å². The predicted octanol–water partition coefficient (Wildman–Crippen LogP) is 2.05. The van der Waals surface area contributed by atoms with E-state index in [9.17, 15) is 0 Å². The van der Waals surface area contributed by atoms with Crippen molar-refractivity contribution < 1.29 is 9.47 Å². The molecule has 0 N–H and O–H groups in total. The van der Waals surface area contributed by atoms with Gasteiger partial charge in [0, 0.05) is 25.2 Å². The van der Waals surface area contributed by atoms with Crippen molar-refractivity contribution in [1.29, 1.82) is 0 Å². The Kier molecular flexibility index (Phi) is 4.22. The number of ether oxygens (including phenoxy) is 2. The van der Waals surface area contributed by atoms with Crippen LogP contribution in [0.3, 0.4) is 0 Å². The molecule has 3 heteroatoms. The van der Waals surface area contributed by atoms with E-state index in [1.165, 1.54) is 25.8 Å². The topological polar surface area (TPSA) is 21.7 Å². The third-order valence-corrected chi connectivity index (χ3v) is 4.06. The van der Waals surface area contributed by atoms with Gasteiger partial charge >= 0.3 is 0 Å². The number of nitrogens with zero attached hydrogens (tertiary/aromatic N) is 1. The second kappa shape index (κ2) is 5.48. The third-order valence-electron chi connectivity index (χ3n) is 4.06. The van der Waals surface area contributed by atoms with Gasteiger partial charge in [0.2, 0.25) is 0 Å². The van der Waals surface area contributed by atoms with Crippen molar-refractivity contribution >= 4 is 0 Å². The van der Waals surface area contributed by atoms with Crippen LogP contribution < -0.4 is 0 Å². The Morgan fingerprint density at radius 1 is 1.25 bits per heavy atom. The van der Waals surface area contributed by atoms with E-state index in [-0.39, 0.29) is 0 Å². The smallest absolute Gasteiger partial charge is 0.0739 e. The molecule has 3 nitrogen and oxygen atoms in total. The Hall–Kier alpha value is -0.120. The molecule has 2 unspecified atom stereocenters. The summed E-state index contributed by atoms with van der Waals surface area (Å²) in [6, 6.07) is 1.18. The van der Waals surface area contributed by atoms with E-state index in [0.29, 0.717) is 24.3 Å². The van der Waals surface area contributed by atoms with Crippen molar-refractivity contribution in [1.82, 2.24) is 4.90 Å². The highest BCUT2D eigenvalue weighted by atomic mass is 16.5. The maximum atomic E-state index is 5.77. The van der Waals surface area contributed by atoms with Crippen molar-refractivity contribution in [2.24, 2.45) is 0 Å². The van der Waals surface area contributed by atoms with Crippen LogP contribution in [0.2, 0.25) is 0 Å². The molecule has 2 aliphatic heterocycles. The fourth-order valence-corrected chi connectivity index (χ4v) is 3.02. The maximum Gasteiger partial charge on any atom is 0.0739 e. The Morgan fingerprint density at radius 2 is 2.06 bits per heavy atom. The van der Waals surface area contributed by atoms with Crippen molar-refractivity contribution in [2.75, 3.05) is 19.8 Å². The monoisotopic (exact) mass is 227 g/mol. The number of hydrogen-bond donors (Lipinski definition) is 0. The fraction of sp³-hybridized carbons (Fsp3) is 1.00. The summed E-state index contributed by atoms with van der Waals surface area (Å²) in [6.07, 6.45) is 4.56. The van der Waals surface area contributed by atoms with Crippen LogP contribution in [0, 0.1) is 0 Å². The van der Waals surface area contributed by atoms with E-state index in [0.717, 1.165) is 13.2 Å². The SMILES string of the molecule is CCOC1CCN([C@@H]2CCC(C)OC2)[C@H]1C. The van der Waals surface area contributed by atoms with Crippen LogP contribution in [-0.2, 0) is 9.47 Å². The Bertz CT molecular complexity index is 214. The molecule has 0 aromatic heterocycles. The van der Waals surface area contributed by atoms with E-state index in [1.807, 2.05) is 0 Å². The molecule has 2 saturated heterocycles. The first-order chi connectivity index (χ1) is 7.72. The Balaban J connectivity index is 1.86. The van der Waals surface area contributed by atoms with Gasteiger partial charge < -0.3 is 9.47 Å². The van der Waals surface area contributed by atoms with Gasteiger partial charge in [0.15, 0.2) is 0 Å². The van der Waals surface area contributed by atoms with Gasteiger partial charge in [-0.25, -0.2) is 0 Å². The first kappa shape index (κ1) is 12.3. The predicted molar refractivity (Wildman–Crippen MR) is 64.6 cm³/mol. The second-order valence-corrected chi connectivity index (χ2v) is 5.14. The highest BCUT2D eigenvalue weighted by molar-refractivity contribution is 4.90. The molecule has 2 rings (SSSR count). The minimum absolute atomic E-state index is 0.435. The summed E-state index contributed by atoms with van der Waals surface area (Å²) in [5.74, 6) is 0. The van der Waals surface area contributed by atoms with Gasteiger partial charge in [-0.3, -0.25) is 4.90 Å². The van der Waals surface area contributed by atoms with Crippen molar-refractivity contribution in [3.05, 3.63) is 0 Å². The summed E-state index contributed by atoms with van der Waals surface area (Å²) in [5, 5.41) is 0. The summed E-state index contributed by atoms with van der Waals surface area (Å²) in [4.78, 5) is 2.59. The molecule has 2 aliphatic rings. The summed E-state index contributed by atoms with van der Waals surface area (Å²) in [7, 11) is 0. The Morgan fingerprint density at radius 3 is 2.69 bits per heavy atom. The van der Waals surface area contributed by atoms with Gasteiger partial charge in [0.1, 0.15) is 0 Å². The average Bonchev–Trinajstić information content (AvgIpc) is 2.63. The first-order valence-electron chi connectivity index (χ1n) is 6.71. The lowest BCUT2D eigenvalue weighted by atomic mass is 10.0. The summed E-state index contributed by atoms with van der Waals surface area (Å²) < 4.78 is 11.5. The molecule has 0 aromatic carbocycles. The van der Waals surface area contributed by atoms with Crippen LogP contribution in [0.25, 0.3) is 0 Å². The second-order valence-electron chi connectivity index (χ2n) is 5.14. The molecule has 0 aliphatic carbocycles. The minimum atomic E-state index is 0.435. The summed E-state index contributed by atoms with van der Waals surface area (Å²) in [6.45, 7) is 9.47. The lowest BCUT2D eigenvalue weighted by Crippen LogP contribution is -2.46. The van der Waals surface area contributed by atoms with E-state index in [2.05, 4.69) is 25.7 Å². The molecular formula is C13H25NO2. The maximum absolute atomic E-state index is 5.77. The number of rotatable bonds is 3. The van der Waals surface area contributed by atoms with E-state index in [4.69, 9.17) is 9.47 Å².